The highest BCUT2D eigenvalue weighted by Gasteiger charge is 2.22. The van der Waals surface area contributed by atoms with Crippen molar-refractivity contribution in [3.05, 3.63) is 46.8 Å². The molecular weight excluding hydrogens is 278 g/mol. The van der Waals surface area contributed by atoms with Crippen LogP contribution < -0.4 is 5.32 Å². The molecule has 1 aliphatic heterocycles. The molecule has 5 heteroatoms. The van der Waals surface area contributed by atoms with Gasteiger partial charge < -0.3 is 5.32 Å². The van der Waals surface area contributed by atoms with Crippen LogP contribution in [0.2, 0.25) is 0 Å². The Morgan fingerprint density at radius 1 is 1.05 bits per heavy atom. The lowest BCUT2D eigenvalue weighted by Gasteiger charge is -2.01. The molecule has 2 heterocycles. The second kappa shape index (κ2) is 5.07. The SMILES string of the molecule is O=S(=O)(c1ccccc1)c1cc2c(s1)CCNCC2. The van der Waals surface area contributed by atoms with Crippen LogP contribution >= 0.6 is 11.3 Å². The van der Waals surface area contributed by atoms with Crippen LogP contribution in [0.15, 0.2) is 45.5 Å². The summed E-state index contributed by atoms with van der Waals surface area (Å²) in [5.74, 6) is 0. The van der Waals surface area contributed by atoms with E-state index in [-0.39, 0.29) is 0 Å². The van der Waals surface area contributed by atoms with Crippen molar-refractivity contribution in [2.75, 3.05) is 13.1 Å². The Morgan fingerprint density at radius 3 is 2.58 bits per heavy atom. The van der Waals surface area contributed by atoms with Crippen LogP contribution in [0.3, 0.4) is 0 Å². The summed E-state index contributed by atoms with van der Waals surface area (Å²) in [6.07, 6.45) is 1.83. The van der Waals surface area contributed by atoms with Gasteiger partial charge in [0.1, 0.15) is 4.21 Å². The molecule has 1 aromatic carbocycles. The highest BCUT2D eigenvalue weighted by Crippen LogP contribution is 2.32. The fourth-order valence-electron chi connectivity index (χ4n) is 2.26. The maximum absolute atomic E-state index is 12.5. The van der Waals surface area contributed by atoms with Gasteiger partial charge in [0.05, 0.1) is 4.90 Å². The van der Waals surface area contributed by atoms with Crippen LogP contribution in [0.4, 0.5) is 0 Å². The standard InChI is InChI=1S/C14H15NO2S2/c16-19(17,12-4-2-1-3-5-12)14-10-11-6-8-15-9-7-13(11)18-14/h1-5,10,15H,6-9H2. The molecule has 1 aliphatic rings. The smallest absolute Gasteiger partial charge is 0.215 e. The van der Waals surface area contributed by atoms with Gasteiger partial charge >= 0.3 is 0 Å². The first kappa shape index (κ1) is 12.8. The van der Waals surface area contributed by atoms with Gasteiger partial charge in [0.15, 0.2) is 0 Å². The van der Waals surface area contributed by atoms with E-state index < -0.39 is 9.84 Å². The van der Waals surface area contributed by atoms with Gasteiger partial charge in [-0.05, 0) is 49.7 Å². The van der Waals surface area contributed by atoms with Gasteiger partial charge in [-0.25, -0.2) is 8.42 Å². The Bertz CT molecular complexity index is 651. The summed E-state index contributed by atoms with van der Waals surface area (Å²) in [5.41, 5.74) is 1.18. The van der Waals surface area contributed by atoms with Gasteiger partial charge in [-0.1, -0.05) is 18.2 Å². The van der Waals surface area contributed by atoms with Crippen molar-refractivity contribution in [3.8, 4) is 0 Å². The fraction of sp³-hybridized carbons (Fsp3) is 0.286. The summed E-state index contributed by atoms with van der Waals surface area (Å²) in [4.78, 5) is 1.59. The van der Waals surface area contributed by atoms with E-state index >= 15 is 0 Å². The summed E-state index contributed by atoms with van der Waals surface area (Å²) in [6, 6.07) is 10.5. The normalized spacial score (nSPS) is 15.8. The topological polar surface area (TPSA) is 46.2 Å². The third kappa shape index (κ3) is 2.45. The Kier molecular flexibility index (Phi) is 3.43. The number of hydrogen-bond acceptors (Lipinski definition) is 4. The molecule has 0 radical (unpaired) electrons. The van der Waals surface area contributed by atoms with Crippen molar-refractivity contribution >= 4 is 21.2 Å². The molecule has 19 heavy (non-hydrogen) atoms. The van der Waals surface area contributed by atoms with Crippen molar-refractivity contribution in [2.45, 2.75) is 21.9 Å². The molecule has 3 nitrogen and oxygen atoms in total. The zero-order valence-corrected chi connectivity index (χ0v) is 12.1. The average Bonchev–Trinajstić information content (AvgIpc) is 2.72. The minimum Gasteiger partial charge on any atom is -0.316 e. The van der Waals surface area contributed by atoms with Gasteiger partial charge in [-0.3, -0.25) is 0 Å². The average molecular weight is 293 g/mol. The summed E-state index contributed by atoms with van der Waals surface area (Å²) >= 11 is 1.42. The molecule has 0 saturated heterocycles. The van der Waals surface area contributed by atoms with Crippen molar-refractivity contribution in [1.29, 1.82) is 0 Å². The Morgan fingerprint density at radius 2 is 1.79 bits per heavy atom. The largest absolute Gasteiger partial charge is 0.316 e. The molecule has 0 unspecified atom stereocenters. The quantitative estimate of drug-likeness (QED) is 0.924. The molecule has 0 amide bonds. The highest BCUT2D eigenvalue weighted by molar-refractivity contribution is 7.93. The third-order valence-corrected chi connectivity index (χ3v) is 6.77. The van der Waals surface area contributed by atoms with Crippen LogP contribution in [0.5, 0.6) is 0 Å². The Balaban J connectivity index is 2.03. The summed E-state index contributed by atoms with van der Waals surface area (Å²) in [6.45, 7) is 1.85. The number of hydrogen-bond donors (Lipinski definition) is 1. The van der Waals surface area contributed by atoms with E-state index in [0.717, 1.165) is 25.9 Å². The minimum atomic E-state index is -3.35. The van der Waals surface area contributed by atoms with Crippen molar-refractivity contribution < 1.29 is 8.42 Å². The molecule has 0 spiro atoms. The number of rotatable bonds is 2. The van der Waals surface area contributed by atoms with E-state index in [9.17, 15) is 8.42 Å². The molecular formula is C14H15NO2S2. The van der Waals surface area contributed by atoms with Crippen LogP contribution in [-0.2, 0) is 22.7 Å². The van der Waals surface area contributed by atoms with Crippen LogP contribution in [0.1, 0.15) is 10.4 Å². The van der Waals surface area contributed by atoms with E-state index in [0.29, 0.717) is 9.10 Å². The van der Waals surface area contributed by atoms with E-state index in [1.54, 1.807) is 24.3 Å². The lowest BCUT2D eigenvalue weighted by molar-refractivity contribution is 0.598. The first-order valence-corrected chi connectivity index (χ1v) is 8.60. The molecule has 0 atom stereocenters. The zero-order valence-electron chi connectivity index (χ0n) is 10.4. The minimum absolute atomic E-state index is 0.379. The first-order valence-electron chi connectivity index (χ1n) is 6.30. The number of sulfone groups is 1. The Hall–Kier alpha value is -1.17. The second-order valence-electron chi connectivity index (χ2n) is 4.58. The number of thiophene rings is 1. The molecule has 1 N–H and O–H groups in total. The molecule has 0 aliphatic carbocycles. The lowest BCUT2D eigenvalue weighted by Crippen LogP contribution is -2.16. The van der Waals surface area contributed by atoms with Crippen LogP contribution in [0.25, 0.3) is 0 Å². The highest BCUT2D eigenvalue weighted by atomic mass is 32.2. The van der Waals surface area contributed by atoms with Crippen LogP contribution in [-0.4, -0.2) is 21.5 Å². The molecule has 0 fully saturated rings. The van der Waals surface area contributed by atoms with E-state index in [4.69, 9.17) is 0 Å². The van der Waals surface area contributed by atoms with E-state index in [2.05, 4.69) is 5.32 Å². The number of fused-ring (bicyclic) bond motifs is 1. The third-order valence-electron chi connectivity index (χ3n) is 3.29. The lowest BCUT2D eigenvalue weighted by atomic mass is 10.2. The molecule has 2 aromatic rings. The van der Waals surface area contributed by atoms with E-state index in [1.165, 1.54) is 21.8 Å². The number of benzene rings is 1. The first-order chi connectivity index (χ1) is 9.18. The van der Waals surface area contributed by atoms with Gasteiger partial charge in [-0.2, -0.15) is 0 Å². The summed E-state index contributed by atoms with van der Waals surface area (Å²) < 4.78 is 25.5. The predicted octanol–water partition coefficient (Wildman–Crippen LogP) is 2.27. The summed E-state index contributed by atoms with van der Waals surface area (Å²) in [7, 11) is -3.35. The summed E-state index contributed by atoms with van der Waals surface area (Å²) in [5, 5.41) is 3.33. The molecule has 0 saturated carbocycles. The van der Waals surface area contributed by atoms with Crippen LogP contribution in [0, 0.1) is 0 Å². The molecule has 1 aromatic heterocycles. The van der Waals surface area contributed by atoms with Crippen molar-refractivity contribution in [1.82, 2.24) is 5.32 Å². The van der Waals surface area contributed by atoms with E-state index in [1.807, 2.05) is 12.1 Å². The zero-order chi connectivity index (χ0) is 13.3. The molecule has 0 bridgehead atoms. The van der Waals surface area contributed by atoms with Gasteiger partial charge in [-0.15, -0.1) is 11.3 Å². The Labute approximate surface area is 117 Å². The van der Waals surface area contributed by atoms with Gasteiger partial charge in [0.25, 0.3) is 0 Å². The maximum Gasteiger partial charge on any atom is 0.215 e. The van der Waals surface area contributed by atoms with Gasteiger partial charge in [0, 0.05) is 4.88 Å². The molecule has 3 rings (SSSR count). The van der Waals surface area contributed by atoms with Crippen molar-refractivity contribution in [2.24, 2.45) is 0 Å². The monoisotopic (exact) mass is 293 g/mol. The molecule has 100 valence electrons. The van der Waals surface area contributed by atoms with Gasteiger partial charge in [0.2, 0.25) is 9.84 Å². The second-order valence-corrected chi connectivity index (χ2v) is 7.89. The fourth-order valence-corrected chi connectivity index (χ4v) is 5.28. The maximum atomic E-state index is 12.5. The number of nitrogens with one attached hydrogen (secondary N) is 1. The predicted molar refractivity (Wildman–Crippen MR) is 76.5 cm³/mol. The van der Waals surface area contributed by atoms with Crippen molar-refractivity contribution in [3.63, 3.8) is 0 Å².